The number of anilines is 1. The predicted molar refractivity (Wildman–Crippen MR) is 144 cm³/mol. The number of hydrogen-bond donors (Lipinski definition) is 1. The molecule has 0 fully saturated rings. The van der Waals surface area contributed by atoms with Gasteiger partial charge in [-0.3, -0.25) is 13.9 Å². The van der Waals surface area contributed by atoms with E-state index in [4.69, 9.17) is 4.74 Å². The molecule has 1 unspecified atom stereocenters. The molecule has 0 spiro atoms. The second kappa shape index (κ2) is 13.0. The highest BCUT2D eigenvalue weighted by Crippen LogP contribution is 2.32. The van der Waals surface area contributed by atoms with E-state index in [1.807, 2.05) is 6.92 Å². The van der Waals surface area contributed by atoms with Crippen LogP contribution in [0.1, 0.15) is 25.8 Å². The van der Waals surface area contributed by atoms with Crippen LogP contribution >= 0.6 is 0 Å². The first-order chi connectivity index (χ1) is 18.2. The Morgan fingerprint density at radius 1 is 0.974 bits per heavy atom. The molecule has 3 aromatic carbocycles. The largest absolute Gasteiger partial charge is 0.495 e. The summed E-state index contributed by atoms with van der Waals surface area (Å²) < 4.78 is 48.5. The van der Waals surface area contributed by atoms with E-state index in [0.29, 0.717) is 13.0 Å². The van der Waals surface area contributed by atoms with Crippen molar-refractivity contribution in [3.8, 4) is 5.75 Å². The normalized spacial score (nSPS) is 11.9. The molecule has 2 amide bonds. The van der Waals surface area contributed by atoms with Crippen molar-refractivity contribution in [2.24, 2.45) is 0 Å². The molecule has 1 N–H and O–H groups in total. The zero-order valence-corrected chi connectivity index (χ0v) is 22.4. The summed E-state index contributed by atoms with van der Waals surface area (Å²) in [4.78, 5) is 27.8. The second-order valence-electron chi connectivity index (χ2n) is 8.58. The topological polar surface area (TPSA) is 96.0 Å². The number of nitrogens with one attached hydrogen (secondary N) is 1. The van der Waals surface area contributed by atoms with E-state index in [1.54, 1.807) is 42.5 Å². The maximum Gasteiger partial charge on any atom is 0.264 e. The maximum atomic E-state index is 14.6. The number of benzene rings is 3. The van der Waals surface area contributed by atoms with Crippen LogP contribution in [0.5, 0.6) is 5.75 Å². The zero-order chi connectivity index (χ0) is 27.7. The number of nitrogens with zero attached hydrogens (tertiary/aromatic N) is 2. The van der Waals surface area contributed by atoms with Gasteiger partial charge in [0, 0.05) is 18.7 Å². The summed E-state index contributed by atoms with van der Waals surface area (Å²) in [5.74, 6) is -1.40. The quantitative estimate of drug-likeness (QED) is 0.374. The molecule has 10 heteroatoms. The van der Waals surface area contributed by atoms with Gasteiger partial charge in [0.05, 0.1) is 17.7 Å². The molecule has 0 aliphatic rings. The SMILES string of the molecule is CCCNC(=O)C(C)N(Cc1ccccc1F)C(=O)CN(c1ccccc1OC)S(=O)(=O)c1ccccc1. The number of amides is 2. The minimum Gasteiger partial charge on any atom is -0.495 e. The molecule has 0 bridgehead atoms. The van der Waals surface area contributed by atoms with Gasteiger partial charge in [0.25, 0.3) is 10.0 Å². The van der Waals surface area contributed by atoms with E-state index in [1.165, 1.54) is 55.3 Å². The molecule has 0 aliphatic carbocycles. The minimum absolute atomic E-state index is 0.0203. The number of rotatable bonds is 12. The van der Waals surface area contributed by atoms with Gasteiger partial charge in [-0.05, 0) is 43.7 Å². The summed E-state index contributed by atoms with van der Waals surface area (Å²) in [6.45, 7) is 2.96. The van der Waals surface area contributed by atoms with Gasteiger partial charge >= 0.3 is 0 Å². The molecule has 3 rings (SSSR count). The Hall–Kier alpha value is -3.92. The van der Waals surface area contributed by atoms with E-state index in [2.05, 4.69) is 5.32 Å². The van der Waals surface area contributed by atoms with Crippen LogP contribution in [-0.4, -0.2) is 51.4 Å². The van der Waals surface area contributed by atoms with E-state index in [0.717, 1.165) is 4.31 Å². The Kier molecular flexibility index (Phi) is 9.84. The van der Waals surface area contributed by atoms with Gasteiger partial charge in [-0.15, -0.1) is 0 Å². The number of para-hydroxylation sites is 2. The number of carbonyl (C=O) groups is 2. The Morgan fingerprint density at radius 3 is 2.26 bits per heavy atom. The molecule has 0 aromatic heterocycles. The van der Waals surface area contributed by atoms with Gasteiger partial charge in [0.15, 0.2) is 0 Å². The Labute approximate surface area is 223 Å². The molecule has 3 aromatic rings. The number of ether oxygens (including phenoxy) is 1. The van der Waals surface area contributed by atoms with Crippen LogP contribution in [0, 0.1) is 5.82 Å². The lowest BCUT2D eigenvalue weighted by molar-refractivity contribution is -0.139. The van der Waals surface area contributed by atoms with Crippen molar-refractivity contribution < 1.29 is 27.1 Å². The predicted octanol–water partition coefficient (Wildman–Crippen LogP) is 3.97. The Morgan fingerprint density at radius 2 is 1.61 bits per heavy atom. The summed E-state index contributed by atoms with van der Waals surface area (Å²) in [6.07, 6.45) is 0.691. The maximum absolute atomic E-state index is 14.6. The molecule has 0 saturated heterocycles. The molecule has 8 nitrogen and oxygen atoms in total. The number of carbonyl (C=O) groups excluding carboxylic acids is 2. The highest BCUT2D eigenvalue weighted by Gasteiger charge is 2.33. The average molecular weight is 542 g/mol. The lowest BCUT2D eigenvalue weighted by Crippen LogP contribution is -2.51. The van der Waals surface area contributed by atoms with Crippen molar-refractivity contribution in [1.29, 1.82) is 0 Å². The molecular weight excluding hydrogens is 509 g/mol. The molecule has 202 valence electrons. The van der Waals surface area contributed by atoms with E-state index in [9.17, 15) is 22.4 Å². The van der Waals surface area contributed by atoms with Crippen molar-refractivity contribution >= 4 is 27.5 Å². The van der Waals surface area contributed by atoms with Crippen LogP contribution in [0.4, 0.5) is 10.1 Å². The second-order valence-corrected chi connectivity index (χ2v) is 10.4. The van der Waals surface area contributed by atoms with E-state index < -0.39 is 40.2 Å². The van der Waals surface area contributed by atoms with Gasteiger partial charge in [0.2, 0.25) is 11.8 Å². The van der Waals surface area contributed by atoms with Gasteiger partial charge in [-0.2, -0.15) is 0 Å². The zero-order valence-electron chi connectivity index (χ0n) is 21.6. The van der Waals surface area contributed by atoms with Gasteiger partial charge in [0.1, 0.15) is 24.2 Å². The monoisotopic (exact) mass is 541 g/mol. The lowest BCUT2D eigenvalue weighted by Gasteiger charge is -2.32. The van der Waals surface area contributed by atoms with Crippen LogP contribution in [0.2, 0.25) is 0 Å². The van der Waals surface area contributed by atoms with Crippen molar-refractivity contribution in [2.45, 2.75) is 37.8 Å². The first-order valence-corrected chi connectivity index (χ1v) is 13.7. The van der Waals surface area contributed by atoms with Crippen LogP contribution in [0.25, 0.3) is 0 Å². The van der Waals surface area contributed by atoms with E-state index in [-0.39, 0.29) is 28.4 Å². The summed E-state index contributed by atoms with van der Waals surface area (Å²) >= 11 is 0. The lowest BCUT2D eigenvalue weighted by atomic mass is 10.1. The molecular formula is C28H32FN3O5S. The number of hydrogen-bond acceptors (Lipinski definition) is 5. The molecule has 0 saturated carbocycles. The summed E-state index contributed by atoms with van der Waals surface area (Å²) in [5.41, 5.74) is 0.354. The third-order valence-electron chi connectivity index (χ3n) is 5.98. The van der Waals surface area contributed by atoms with Gasteiger partial charge in [-0.25, -0.2) is 12.8 Å². The third kappa shape index (κ3) is 6.69. The first-order valence-electron chi connectivity index (χ1n) is 12.2. The minimum atomic E-state index is -4.23. The Bertz CT molecular complexity index is 1350. The number of sulfonamides is 1. The van der Waals surface area contributed by atoms with Crippen LogP contribution in [-0.2, 0) is 26.2 Å². The van der Waals surface area contributed by atoms with Crippen molar-refractivity contribution in [1.82, 2.24) is 10.2 Å². The smallest absolute Gasteiger partial charge is 0.264 e. The summed E-state index contributed by atoms with van der Waals surface area (Å²) in [6, 6.07) is 19.1. The van der Waals surface area contributed by atoms with Crippen LogP contribution < -0.4 is 14.4 Å². The standard InChI is InChI=1S/C28H32FN3O5S/c1-4-18-30-28(34)21(2)31(19-22-12-8-9-15-24(22)29)27(33)20-32(25-16-10-11-17-26(25)37-3)38(35,36)23-13-6-5-7-14-23/h5-17,21H,4,18-20H2,1-3H3,(H,30,34). The summed E-state index contributed by atoms with van der Waals surface area (Å²) in [7, 11) is -2.82. The van der Waals surface area contributed by atoms with Gasteiger partial charge < -0.3 is 15.0 Å². The van der Waals surface area contributed by atoms with Crippen LogP contribution in [0.15, 0.2) is 83.8 Å². The van der Waals surface area contributed by atoms with Crippen molar-refractivity contribution in [2.75, 3.05) is 24.5 Å². The highest BCUT2D eigenvalue weighted by atomic mass is 32.2. The fraction of sp³-hybridized carbons (Fsp3) is 0.286. The molecule has 1 atom stereocenters. The molecule has 0 aliphatic heterocycles. The molecule has 0 heterocycles. The average Bonchev–Trinajstić information content (AvgIpc) is 2.94. The summed E-state index contributed by atoms with van der Waals surface area (Å²) in [5, 5.41) is 2.75. The van der Waals surface area contributed by atoms with E-state index >= 15 is 0 Å². The van der Waals surface area contributed by atoms with Crippen LogP contribution in [0.3, 0.4) is 0 Å². The fourth-order valence-electron chi connectivity index (χ4n) is 3.86. The number of halogens is 1. The Balaban J connectivity index is 2.05. The van der Waals surface area contributed by atoms with Crippen molar-refractivity contribution in [3.05, 3.63) is 90.2 Å². The van der Waals surface area contributed by atoms with Crippen molar-refractivity contribution in [3.63, 3.8) is 0 Å². The van der Waals surface area contributed by atoms with Gasteiger partial charge in [-0.1, -0.05) is 55.5 Å². The highest BCUT2D eigenvalue weighted by molar-refractivity contribution is 7.92. The molecule has 0 radical (unpaired) electrons. The fourth-order valence-corrected chi connectivity index (χ4v) is 5.30. The third-order valence-corrected chi connectivity index (χ3v) is 7.75. The molecule has 38 heavy (non-hydrogen) atoms. The number of methoxy groups -OCH3 is 1. The first kappa shape index (κ1) is 28.6.